The lowest BCUT2D eigenvalue weighted by molar-refractivity contribution is -0.133. The number of esters is 1. The van der Waals surface area contributed by atoms with Crippen LogP contribution in [0.15, 0.2) is 67.3 Å². The predicted octanol–water partition coefficient (Wildman–Crippen LogP) is 2.98. The fraction of sp³-hybridized carbons (Fsp3) is 0.0556. The summed E-state index contributed by atoms with van der Waals surface area (Å²) in [5.41, 5.74) is 2.98. The van der Waals surface area contributed by atoms with E-state index in [4.69, 9.17) is 4.74 Å². The molecule has 0 aliphatic rings. The Morgan fingerprint density at radius 2 is 1.87 bits per heavy atom. The van der Waals surface area contributed by atoms with Crippen LogP contribution in [0, 0.1) is 0 Å². The molecule has 0 atom stereocenters. The fourth-order valence-corrected chi connectivity index (χ4v) is 2.20. The van der Waals surface area contributed by atoms with E-state index in [-0.39, 0.29) is 0 Å². The number of carbonyl (C=O) groups is 1. The SMILES string of the molecule is COC(=O)/C(=C/c1cnn(-c2ccccc2)c1)c1ccncc1. The fourth-order valence-electron chi connectivity index (χ4n) is 2.20. The summed E-state index contributed by atoms with van der Waals surface area (Å²) < 4.78 is 6.63. The highest BCUT2D eigenvalue weighted by atomic mass is 16.5. The summed E-state index contributed by atoms with van der Waals surface area (Å²) in [5, 5.41) is 4.33. The standard InChI is InChI=1S/C18H15N3O2/c1-23-18(22)17(15-7-9-19-10-8-15)11-14-12-20-21(13-14)16-5-3-2-4-6-16/h2-13H,1H3/b17-11+. The number of methoxy groups -OCH3 is 1. The number of rotatable bonds is 4. The van der Waals surface area contributed by atoms with Gasteiger partial charge < -0.3 is 4.74 Å². The van der Waals surface area contributed by atoms with Gasteiger partial charge in [0.1, 0.15) is 0 Å². The number of benzene rings is 1. The van der Waals surface area contributed by atoms with Crippen molar-refractivity contribution in [3.63, 3.8) is 0 Å². The second kappa shape index (κ2) is 6.70. The predicted molar refractivity (Wildman–Crippen MR) is 87.7 cm³/mol. The van der Waals surface area contributed by atoms with E-state index in [2.05, 4.69) is 10.1 Å². The zero-order chi connectivity index (χ0) is 16.1. The zero-order valence-corrected chi connectivity index (χ0v) is 12.6. The third-order valence-electron chi connectivity index (χ3n) is 3.33. The highest BCUT2D eigenvalue weighted by molar-refractivity contribution is 6.21. The van der Waals surface area contributed by atoms with Crippen molar-refractivity contribution in [2.75, 3.05) is 7.11 Å². The van der Waals surface area contributed by atoms with Gasteiger partial charge in [-0.3, -0.25) is 4.98 Å². The topological polar surface area (TPSA) is 57.0 Å². The van der Waals surface area contributed by atoms with Crippen LogP contribution < -0.4 is 0 Å². The Bertz CT molecular complexity index is 824. The van der Waals surface area contributed by atoms with Gasteiger partial charge in [0.15, 0.2) is 0 Å². The van der Waals surface area contributed by atoms with Crippen LogP contribution in [0.25, 0.3) is 17.3 Å². The Kier molecular flexibility index (Phi) is 4.29. The quantitative estimate of drug-likeness (QED) is 0.549. The number of carbonyl (C=O) groups excluding carboxylic acids is 1. The second-order valence-electron chi connectivity index (χ2n) is 4.84. The Balaban J connectivity index is 1.98. The molecule has 0 unspecified atom stereocenters. The van der Waals surface area contributed by atoms with Crippen LogP contribution in [0.1, 0.15) is 11.1 Å². The van der Waals surface area contributed by atoms with Crippen LogP contribution in [0.5, 0.6) is 0 Å². The number of pyridine rings is 1. The largest absolute Gasteiger partial charge is 0.465 e. The molecule has 2 aromatic heterocycles. The molecule has 23 heavy (non-hydrogen) atoms. The van der Waals surface area contributed by atoms with Gasteiger partial charge in [-0.1, -0.05) is 18.2 Å². The number of hydrogen-bond donors (Lipinski definition) is 0. The Labute approximate surface area is 133 Å². The van der Waals surface area contributed by atoms with E-state index in [0.717, 1.165) is 16.8 Å². The van der Waals surface area contributed by atoms with Gasteiger partial charge in [-0.05, 0) is 35.9 Å². The maximum absolute atomic E-state index is 12.1. The van der Waals surface area contributed by atoms with E-state index in [1.54, 1.807) is 41.5 Å². The van der Waals surface area contributed by atoms with Crippen LogP contribution in [0.4, 0.5) is 0 Å². The molecule has 0 N–H and O–H groups in total. The molecule has 0 aliphatic carbocycles. The number of hydrogen-bond acceptors (Lipinski definition) is 4. The molecule has 0 fully saturated rings. The van der Waals surface area contributed by atoms with E-state index >= 15 is 0 Å². The van der Waals surface area contributed by atoms with Crippen molar-refractivity contribution in [2.45, 2.75) is 0 Å². The molecule has 5 nitrogen and oxygen atoms in total. The van der Waals surface area contributed by atoms with E-state index in [1.807, 2.05) is 36.5 Å². The van der Waals surface area contributed by atoms with Gasteiger partial charge in [-0.2, -0.15) is 5.10 Å². The van der Waals surface area contributed by atoms with Crippen LogP contribution >= 0.6 is 0 Å². The van der Waals surface area contributed by atoms with E-state index in [1.165, 1.54) is 7.11 Å². The number of para-hydroxylation sites is 1. The summed E-state index contributed by atoms with van der Waals surface area (Å²) in [6.07, 6.45) is 8.60. The first-order valence-corrected chi connectivity index (χ1v) is 7.08. The average Bonchev–Trinajstić information content (AvgIpc) is 3.09. The molecule has 114 valence electrons. The highest BCUT2D eigenvalue weighted by Gasteiger charge is 2.13. The molecule has 0 bridgehead atoms. The first kappa shape index (κ1) is 14.7. The lowest BCUT2D eigenvalue weighted by atomic mass is 10.1. The van der Waals surface area contributed by atoms with E-state index in [9.17, 15) is 4.79 Å². The van der Waals surface area contributed by atoms with Gasteiger partial charge in [0, 0.05) is 24.2 Å². The van der Waals surface area contributed by atoms with Gasteiger partial charge in [0.2, 0.25) is 0 Å². The van der Waals surface area contributed by atoms with Crippen LogP contribution in [-0.4, -0.2) is 27.8 Å². The summed E-state index contributed by atoms with van der Waals surface area (Å²) >= 11 is 0. The van der Waals surface area contributed by atoms with Crippen molar-refractivity contribution < 1.29 is 9.53 Å². The minimum Gasteiger partial charge on any atom is -0.465 e. The van der Waals surface area contributed by atoms with Crippen LogP contribution in [0.2, 0.25) is 0 Å². The molecule has 0 saturated heterocycles. The third kappa shape index (κ3) is 3.35. The minimum atomic E-state index is -0.399. The van der Waals surface area contributed by atoms with E-state index < -0.39 is 5.97 Å². The lowest BCUT2D eigenvalue weighted by Crippen LogP contribution is -2.03. The zero-order valence-electron chi connectivity index (χ0n) is 12.6. The normalized spacial score (nSPS) is 11.3. The lowest BCUT2D eigenvalue weighted by Gasteiger charge is -2.04. The third-order valence-corrected chi connectivity index (χ3v) is 3.33. The van der Waals surface area contributed by atoms with E-state index in [0.29, 0.717) is 5.57 Å². The van der Waals surface area contributed by atoms with Gasteiger partial charge in [0.05, 0.1) is 24.6 Å². The molecule has 2 heterocycles. The molecule has 0 aliphatic heterocycles. The first-order chi connectivity index (χ1) is 11.3. The minimum absolute atomic E-state index is 0.399. The first-order valence-electron chi connectivity index (χ1n) is 7.08. The second-order valence-corrected chi connectivity index (χ2v) is 4.84. The summed E-state index contributed by atoms with van der Waals surface area (Å²) in [6, 6.07) is 13.3. The number of nitrogens with zero attached hydrogens (tertiary/aromatic N) is 3. The van der Waals surface area contributed by atoms with Crippen molar-refractivity contribution in [3.05, 3.63) is 78.4 Å². The average molecular weight is 305 g/mol. The molecular formula is C18H15N3O2. The summed E-state index contributed by atoms with van der Waals surface area (Å²) in [5.74, 6) is -0.399. The highest BCUT2D eigenvalue weighted by Crippen LogP contribution is 2.19. The smallest absolute Gasteiger partial charge is 0.338 e. The Morgan fingerprint density at radius 1 is 1.13 bits per heavy atom. The van der Waals surface area contributed by atoms with Gasteiger partial charge in [0.25, 0.3) is 0 Å². The molecule has 3 rings (SSSR count). The van der Waals surface area contributed by atoms with Gasteiger partial charge >= 0.3 is 5.97 Å². The summed E-state index contributed by atoms with van der Waals surface area (Å²) in [4.78, 5) is 16.0. The molecule has 0 amide bonds. The number of ether oxygens (including phenoxy) is 1. The summed E-state index contributed by atoms with van der Waals surface area (Å²) in [6.45, 7) is 0. The van der Waals surface area contributed by atoms with Crippen molar-refractivity contribution >= 4 is 17.6 Å². The van der Waals surface area contributed by atoms with Crippen LogP contribution in [0.3, 0.4) is 0 Å². The maximum Gasteiger partial charge on any atom is 0.338 e. The molecule has 0 spiro atoms. The van der Waals surface area contributed by atoms with Crippen molar-refractivity contribution in [2.24, 2.45) is 0 Å². The Morgan fingerprint density at radius 3 is 2.57 bits per heavy atom. The van der Waals surface area contributed by atoms with Gasteiger partial charge in [-0.15, -0.1) is 0 Å². The molecule has 3 aromatic rings. The Hall–Kier alpha value is -3.21. The molecule has 0 saturated carbocycles. The van der Waals surface area contributed by atoms with Crippen LogP contribution in [-0.2, 0) is 9.53 Å². The summed E-state index contributed by atoms with van der Waals surface area (Å²) in [7, 11) is 1.37. The van der Waals surface area contributed by atoms with Crippen molar-refractivity contribution in [1.82, 2.24) is 14.8 Å². The van der Waals surface area contributed by atoms with Gasteiger partial charge in [-0.25, -0.2) is 9.48 Å². The molecule has 5 heteroatoms. The molecular weight excluding hydrogens is 290 g/mol. The monoisotopic (exact) mass is 305 g/mol. The maximum atomic E-state index is 12.1. The van der Waals surface area contributed by atoms with Crippen molar-refractivity contribution in [1.29, 1.82) is 0 Å². The number of aromatic nitrogens is 3. The molecule has 0 radical (unpaired) electrons. The van der Waals surface area contributed by atoms with Crippen molar-refractivity contribution in [3.8, 4) is 5.69 Å². The molecule has 1 aromatic carbocycles.